The van der Waals surface area contributed by atoms with Gasteiger partial charge in [0.1, 0.15) is 10.7 Å². The molecule has 1 aliphatic rings. The fourth-order valence-electron chi connectivity index (χ4n) is 3.74. The van der Waals surface area contributed by atoms with Gasteiger partial charge in [0.2, 0.25) is 0 Å². The number of hydrogen-bond donors (Lipinski definition) is 1. The number of aromatic nitrogens is 3. The molecule has 1 N–H and O–H groups in total. The van der Waals surface area contributed by atoms with Crippen LogP contribution in [0.15, 0.2) is 42.5 Å². The van der Waals surface area contributed by atoms with Crippen LogP contribution in [0.3, 0.4) is 0 Å². The van der Waals surface area contributed by atoms with Gasteiger partial charge in [-0.15, -0.1) is 11.3 Å². The Labute approximate surface area is 165 Å². The summed E-state index contributed by atoms with van der Waals surface area (Å²) < 4.78 is 1.11. The van der Waals surface area contributed by atoms with Gasteiger partial charge in [-0.2, -0.15) is 0 Å². The molecule has 2 aromatic heterocycles. The number of carboxylic acid groups (broad SMARTS) is 1. The van der Waals surface area contributed by atoms with Gasteiger partial charge in [0, 0.05) is 12.6 Å². The lowest BCUT2D eigenvalue weighted by Gasteiger charge is -2.24. The standard InChI is InChI=1S/C21H18N4O2S/c1-12-5-4-10-25(12)19-18(20-24-15-6-2-3-7-17(15)28-20)22-14-9-8-13(21(26)27)11-16(14)23-19/h2-3,6-9,11-12H,4-5,10H2,1H3,(H,26,27). The maximum Gasteiger partial charge on any atom is 0.335 e. The fraction of sp³-hybridized carbons (Fsp3) is 0.238. The molecule has 6 nitrogen and oxygen atoms in total. The second-order valence-corrected chi connectivity index (χ2v) is 8.11. The lowest BCUT2D eigenvalue weighted by molar-refractivity contribution is 0.0697. The lowest BCUT2D eigenvalue weighted by Crippen LogP contribution is -2.28. The SMILES string of the molecule is CC1CCCN1c1nc2cc(C(=O)O)ccc2nc1-c1nc2ccccc2s1. The van der Waals surface area contributed by atoms with Crippen LogP contribution in [0.25, 0.3) is 32.0 Å². The Kier molecular flexibility index (Phi) is 3.98. The summed E-state index contributed by atoms with van der Waals surface area (Å²) >= 11 is 1.61. The van der Waals surface area contributed by atoms with Gasteiger partial charge in [0.25, 0.3) is 0 Å². The zero-order valence-electron chi connectivity index (χ0n) is 15.3. The minimum atomic E-state index is -0.963. The van der Waals surface area contributed by atoms with Crippen LogP contribution < -0.4 is 4.90 Å². The van der Waals surface area contributed by atoms with Crippen molar-refractivity contribution >= 4 is 44.4 Å². The average Bonchev–Trinajstić information content (AvgIpc) is 3.32. The highest BCUT2D eigenvalue weighted by Crippen LogP contribution is 2.37. The molecule has 0 saturated carbocycles. The van der Waals surface area contributed by atoms with Gasteiger partial charge in [-0.25, -0.2) is 19.7 Å². The second-order valence-electron chi connectivity index (χ2n) is 7.08. The molecule has 0 amide bonds. The summed E-state index contributed by atoms with van der Waals surface area (Å²) in [6.45, 7) is 3.10. The van der Waals surface area contributed by atoms with E-state index in [1.165, 1.54) is 0 Å². The van der Waals surface area contributed by atoms with Gasteiger partial charge < -0.3 is 10.0 Å². The Morgan fingerprint density at radius 3 is 2.71 bits per heavy atom. The Balaban J connectivity index is 1.75. The summed E-state index contributed by atoms with van der Waals surface area (Å²) in [7, 11) is 0. The van der Waals surface area contributed by atoms with E-state index < -0.39 is 5.97 Å². The number of para-hydroxylation sites is 1. The molecule has 28 heavy (non-hydrogen) atoms. The molecule has 1 atom stereocenters. The van der Waals surface area contributed by atoms with E-state index >= 15 is 0 Å². The van der Waals surface area contributed by atoms with Crippen LogP contribution in [-0.4, -0.2) is 38.6 Å². The molecule has 1 unspecified atom stereocenters. The second kappa shape index (κ2) is 6.53. The molecular weight excluding hydrogens is 372 g/mol. The van der Waals surface area contributed by atoms with Crippen LogP contribution in [0.1, 0.15) is 30.1 Å². The third-order valence-electron chi connectivity index (χ3n) is 5.21. The van der Waals surface area contributed by atoms with Crippen molar-refractivity contribution in [3.05, 3.63) is 48.0 Å². The highest BCUT2D eigenvalue weighted by Gasteiger charge is 2.27. The van der Waals surface area contributed by atoms with Crippen LogP contribution in [0.2, 0.25) is 0 Å². The molecule has 0 aliphatic carbocycles. The molecule has 1 saturated heterocycles. The fourth-order valence-corrected chi connectivity index (χ4v) is 4.69. The van der Waals surface area contributed by atoms with E-state index in [2.05, 4.69) is 17.9 Å². The Bertz CT molecular complexity index is 1190. The minimum Gasteiger partial charge on any atom is -0.478 e. The van der Waals surface area contributed by atoms with Gasteiger partial charge in [0.05, 0.1) is 26.8 Å². The smallest absolute Gasteiger partial charge is 0.335 e. The molecule has 1 fully saturated rings. The van der Waals surface area contributed by atoms with Gasteiger partial charge in [-0.05, 0) is 50.1 Å². The van der Waals surface area contributed by atoms with E-state index in [9.17, 15) is 9.90 Å². The maximum absolute atomic E-state index is 11.4. The normalized spacial score (nSPS) is 16.9. The predicted octanol–water partition coefficient (Wildman–Crippen LogP) is 4.59. The van der Waals surface area contributed by atoms with Crippen molar-refractivity contribution in [3.8, 4) is 10.7 Å². The highest BCUT2D eigenvalue weighted by atomic mass is 32.1. The Morgan fingerprint density at radius 1 is 1.11 bits per heavy atom. The van der Waals surface area contributed by atoms with Crippen LogP contribution in [0.5, 0.6) is 0 Å². The number of carbonyl (C=O) groups is 1. The van der Waals surface area contributed by atoms with Crippen LogP contribution >= 0.6 is 11.3 Å². The molecule has 2 aromatic carbocycles. The molecule has 0 radical (unpaired) electrons. The molecule has 5 rings (SSSR count). The molecule has 0 spiro atoms. The van der Waals surface area contributed by atoms with Crippen molar-refractivity contribution in [1.29, 1.82) is 0 Å². The van der Waals surface area contributed by atoms with Crippen molar-refractivity contribution in [2.45, 2.75) is 25.8 Å². The number of benzene rings is 2. The summed E-state index contributed by atoms with van der Waals surface area (Å²) in [5, 5.41) is 10.2. The predicted molar refractivity (Wildman–Crippen MR) is 111 cm³/mol. The number of aromatic carboxylic acids is 1. The number of nitrogens with zero attached hydrogens (tertiary/aromatic N) is 4. The van der Waals surface area contributed by atoms with E-state index in [1.54, 1.807) is 29.5 Å². The monoisotopic (exact) mass is 390 g/mol. The topological polar surface area (TPSA) is 79.2 Å². The first-order chi connectivity index (χ1) is 13.6. The molecule has 3 heterocycles. The van der Waals surface area contributed by atoms with Crippen molar-refractivity contribution in [2.75, 3.05) is 11.4 Å². The summed E-state index contributed by atoms with van der Waals surface area (Å²) in [6, 6.07) is 13.3. The molecule has 7 heteroatoms. The van der Waals surface area contributed by atoms with Crippen molar-refractivity contribution in [1.82, 2.24) is 15.0 Å². The number of rotatable bonds is 3. The van der Waals surface area contributed by atoms with Crippen molar-refractivity contribution in [3.63, 3.8) is 0 Å². The number of carboxylic acids is 1. The summed E-state index contributed by atoms with van der Waals surface area (Å²) in [6.07, 6.45) is 2.21. The van der Waals surface area contributed by atoms with Gasteiger partial charge in [0.15, 0.2) is 5.82 Å². The van der Waals surface area contributed by atoms with E-state index in [0.29, 0.717) is 17.1 Å². The van der Waals surface area contributed by atoms with E-state index in [4.69, 9.17) is 15.0 Å². The van der Waals surface area contributed by atoms with Crippen molar-refractivity contribution < 1.29 is 9.90 Å². The third kappa shape index (κ3) is 2.79. The summed E-state index contributed by atoms with van der Waals surface area (Å²) in [4.78, 5) is 28.1. The van der Waals surface area contributed by atoms with Crippen LogP contribution in [0.4, 0.5) is 5.82 Å². The molecule has 140 valence electrons. The zero-order valence-corrected chi connectivity index (χ0v) is 16.1. The first-order valence-corrected chi connectivity index (χ1v) is 10.1. The molecule has 1 aliphatic heterocycles. The minimum absolute atomic E-state index is 0.218. The van der Waals surface area contributed by atoms with Gasteiger partial charge >= 0.3 is 5.97 Å². The summed E-state index contributed by atoms with van der Waals surface area (Å²) in [5.74, 6) is -0.172. The number of anilines is 1. The highest BCUT2D eigenvalue weighted by molar-refractivity contribution is 7.21. The quantitative estimate of drug-likeness (QED) is 0.551. The summed E-state index contributed by atoms with van der Waals surface area (Å²) in [5.41, 5.74) is 3.21. The maximum atomic E-state index is 11.4. The van der Waals surface area contributed by atoms with Crippen molar-refractivity contribution in [2.24, 2.45) is 0 Å². The third-order valence-corrected chi connectivity index (χ3v) is 6.26. The number of fused-ring (bicyclic) bond motifs is 2. The average molecular weight is 390 g/mol. The molecular formula is C21H18N4O2S. The van der Waals surface area contributed by atoms with Gasteiger partial charge in [-0.3, -0.25) is 0 Å². The van der Waals surface area contributed by atoms with Crippen LogP contribution in [-0.2, 0) is 0 Å². The van der Waals surface area contributed by atoms with E-state index in [1.807, 2.05) is 18.2 Å². The number of thiazole rings is 1. The molecule has 4 aromatic rings. The Morgan fingerprint density at radius 2 is 1.96 bits per heavy atom. The van der Waals surface area contributed by atoms with Crippen LogP contribution in [0, 0.1) is 0 Å². The first kappa shape index (κ1) is 17.1. The lowest BCUT2D eigenvalue weighted by atomic mass is 10.2. The van der Waals surface area contributed by atoms with E-state index in [-0.39, 0.29) is 5.56 Å². The Hall–Kier alpha value is -3.06. The first-order valence-electron chi connectivity index (χ1n) is 9.28. The van der Waals surface area contributed by atoms with E-state index in [0.717, 1.165) is 46.1 Å². The molecule has 0 bridgehead atoms. The number of hydrogen-bond acceptors (Lipinski definition) is 6. The van der Waals surface area contributed by atoms with Gasteiger partial charge in [-0.1, -0.05) is 12.1 Å². The zero-order chi connectivity index (χ0) is 19.3. The largest absolute Gasteiger partial charge is 0.478 e.